The van der Waals surface area contributed by atoms with Crippen molar-refractivity contribution in [3.63, 3.8) is 0 Å². The first kappa shape index (κ1) is 16.0. The fourth-order valence-corrected chi connectivity index (χ4v) is 4.49. The lowest BCUT2D eigenvalue weighted by Gasteiger charge is -2.35. The molecule has 1 unspecified atom stereocenters. The van der Waals surface area contributed by atoms with Gasteiger partial charge in [-0.25, -0.2) is 8.42 Å². The second-order valence-corrected chi connectivity index (χ2v) is 7.56. The van der Waals surface area contributed by atoms with Crippen LogP contribution in [0.1, 0.15) is 38.2 Å². The predicted octanol–water partition coefficient (Wildman–Crippen LogP) is 1.52. The molecule has 3 rings (SSSR count). The van der Waals surface area contributed by atoms with Gasteiger partial charge in [0.05, 0.1) is 4.90 Å². The first-order valence-corrected chi connectivity index (χ1v) is 9.47. The van der Waals surface area contributed by atoms with Crippen LogP contribution >= 0.6 is 0 Å². The molecule has 1 fully saturated rings. The molecule has 1 atom stereocenters. The van der Waals surface area contributed by atoms with Crippen LogP contribution in [0.25, 0.3) is 0 Å². The molecule has 0 aromatic heterocycles. The van der Waals surface area contributed by atoms with Crippen LogP contribution in [-0.4, -0.2) is 44.2 Å². The molecule has 124 valence electrons. The molecule has 2 heterocycles. The topological polar surface area (TPSA) is 78.8 Å². The van der Waals surface area contributed by atoms with Gasteiger partial charge in [-0.15, -0.1) is 0 Å². The maximum atomic E-state index is 12.4. The number of hydrogen-bond acceptors (Lipinski definition) is 4. The highest BCUT2D eigenvalue weighted by molar-refractivity contribution is 7.90. The maximum absolute atomic E-state index is 12.4. The summed E-state index contributed by atoms with van der Waals surface area (Å²) in [5.74, 6) is 0.228. The van der Waals surface area contributed by atoms with E-state index in [2.05, 4.69) is 16.6 Å². The van der Waals surface area contributed by atoms with Crippen molar-refractivity contribution < 1.29 is 13.2 Å². The third-order valence-electron chi connectivity index (χ3n) is 4.45. The summed E-state index contributed by atoms with van der Waals surface area (Å²) in [6.45, 7) is 2.83. The molecule has 1 saturated heterocycles. The molecule has 23 heavy (non-hydrogen) atoms. The van der Waals surface area contributed by atoms with Gasteiger partial charge in [-0.3, -0.25) is 14.5 Å². The Labute approximate surface area is 136 Å². The number of hydrogen-bond donors (Lipinski definition) is 1. The summed E-state index contributed by atoms with van der Waals surface area (Å²) in [7, 11) is -3.55. The molecule has 1 aromatic carbocycles. The fourth-order valence-electron chi connectivity index (χ4n) is 3.24. The summed E-state index contributed by atoms with van der Waals surface area (Å²) in [6, 6.07) is 6.96. The van der Waals surface area contributed by atoms with Gasteiger partial charge in [-0.1, -0.05) is 19.1 Å². The van der Waals surface area contributed by atoms with Crippen molar-refractivity contribution in [2.45, 2.75) is 43.5 Å². The zero-order valence-electron chi connectivity index (χ0n) is 13.2. The zero-order valence-corrected chi connectivity index (χ0v) is 14.0. The number of benzene rings is 1. The molecule has 1 amide bonds. The van der Waals surface area contributed by atoms with Crippen molar-refractivity contribution >= 4 is 21.8 Å². The summed E-state index contributed by atoms with van der Waals surface area (Å²) in [5.41, 5.74) is 0.533. The number of amides is 1. The van der Waals surface area contributed by atoms with Gasteiger partial charge in [-0.2, -0.15) is 0 Å². The van der Waals surface area contributed by atoms with E-state index >= 15 is 0 Å². The van der Waals surface area contributed by atoms with Gasteiger partial charge in [0.1, 0.15) is 12.4 Å². The summed E-state index contributed by atoms with van der Waals surface area (Å²) in [4.78, 5) is 18.8. The summed E-state index contributed by atoms with van der Waals surface area (Å²) in [5, 5.41) is 0. The molecule has 1 aromatic rings. The lowest BCUT2D eigenvalue weighted by Crippen LogP contribution is -2.44. The van der Waals surface area contributed by atoms with Crippen molar-refractivity contribution in [1.82, 2.24) is 9.62 Å². The highest BCUT2D eigenvalue weighted by atomic mass is 32.2. The Morgan fingerprint density at radius 3 is 2.91 bits per heavy atom. The van der Waals surface area contributed by atoms with Gasteiger partial charge in [0.25, 0.3) is 10.0 Å². The number of piperidine rings is 1. The third-order valence-corrected chi connectivity index (χ3v) is 5.85. The van der Waals surface area contributed by atoms with Gasteiger partial charge >= 0.3 is 0 Å². The number of rotatable bonds is 3. The molecule has 0 radical (unpaired) electrons. The number of amidine groups is 1. The number of nitrogens with zero attached hydrogens (tertiary/aromatic N) is 2. The second kappa shape index (κ2) is 6.31. The molecular formula is C16H21N3O3S. The number of aliphatic imine (C=N–C) groups is 1. The minimum atomic E-state index is -3.55. The molecule has 1 N–H and O–H groups in total. The number of likely N-dealkylation sites (tertiary alicyclic amines) is 1. The molecular weight excluding hydrogens is 314 g/mol. The Morgan fingerprint density at radius 2 is 2.13 bits per heavy atom. The van der Waals surface area contributed by atoms with Crippen molar-refractivity contribution in [2.24, 2.45) is 4.99 Å². The monoisotopic (exact) mass is 335 g/mol. The summed E-state index contributed by atoms with van der Waals surface area (Å²) < 4.78 is 26.5. The Hall–Kier alpha value is -1.89. The Balaban J connectivity index is 1.77. The van der Waals surface area contributed by atoms with Gasteiger partial charge in [0, 0.05) is 18.2 Å². The van der Waals surface area contributed by atoms with Crippen LogP contribution in [0.15, 0.2) is 34.2 Å². The molecule has 2 aliphatic rings. The van der Waals surface area contributed by atoms with Gasteiger partial charge < -0.3 is 4.90 Å². The largest absolute Gasteiger partial charge is 0.338 e. The Bertz CT molecular complexity index is 743. The normalized spacial score (nSPS) is 24.3. The quantitative estimate of drug-likeness (QED) is 0.909. The van der Waals surface area contributed by atoms with Crippen LogP contribution < -0.4 is 4.72 Å². The number of sulfonamides is 1. The smallest absolute Gasteiger partial charge is 0.263 e. The third kappa shape index (κ3) is 3.10. The van der Waals surface area contributed by atoms with E-state index in [4.69, 9.17) is 0 Å². The van der Waals surface area contributed by atoms with E-state index in [-0.39, 0.29) is 29.2 Å². The lowest BCUT2D eigenvalue weighted by molar-refractivity contribution is -0.133. The number of nitrogens with one attached hydrogen (secondary N) is 1. The fraction of sp³-hybridized carbons (Fsp3) is 0.500. The lowest BCUT2D eigenvalue weighted by atomic mass is 10.00. The van der Waals surface area contributed by atoms with E-state index in [1.165, 1.54) is 0 Å². The average molecular weight is 335 g/mol. The van der Waals surface area contributed by atoms with E-state index in [1.54, 1.807) is 24.3 Å². The molecule has 0 bridgehead atoms. The average Bonchev–Trinajstić information content (AvgIpc) is 2.84. The molecule has 0 saturated carbocycles. The SMILES string of the molecule is CCC1CCCCN1C(=O)CN=C1NS(=O)(=O)c2ccccc21. The van der Waals surface area contributed by atoms with Crippen molar-refractivity contribution in [3.8, 4) is 0 Å². The minimum Gasteiger partial charge on any atom is -0.338 e. The van der Waals surface area contributed by atoms with Crippen LogP contribution in [0.2, 0.25) is 0 Å². The van der Waals surface area contributed by atoms with Crippen LogP contribution in [0, 0.1) is 0 Å². The van der Waals surface area contributed by atoms with Gasteiger partial charge in [0.15, 0.2) is 0 Å². The van der Waals surface area contributed by atoms with E-state index in [9.17, 15) is 13.2 Å². The molecule has 6 nitrogen and oxygen atoms in total. The summed E-state index contributed by atoms with van der Waals surface area (Å²) >= 11 is 0. The maximum Gasteiger partial charge on any atom is 0.263 e. The summed E-state index contributed by atoms with van der Waals surface area (Å²) in [6.07, 6.45) is 4.16. The minimum absolute atomic E-state index is 0.0251. The Kier molecular flexibility index (Phi) is 4.39. The van der Waals surface area contributed by atoms with E-state index in [0.717, 1.165) is 32.2 Å². The highest BCUT2D eigenvalue weighted by Gasteiger charge is 2.31. The van der Waals surface area contributed by atoms with Gasteiger partial charge in [0.2, 0.25) is 5.91 Å². The number of carbonyl (C=O) groups excluding carboxylic acids is 1. The molecule has 0 aliphatic carbocycles. The van der Waals surface area contributed by atoms with Crippen molar-refractivity contribution in [2.75, 3.05) is 13.1 Å². The van der Waals surface area contributed by atoms with E-state index in [1.807, 2.05) is 4.90 Å². The number of carbonyl (C=O) groups is 1. The zero-order chi connectivity index (χ0) is 16.4. The predicted molar refractivity (Wildman–Crippen MR) is 87.8 cm³/mol. The second-order valence-electron chi connectivity index (χ2n) is 5.91. The van der Waals surface area contributed by atoms with E-state index < -0.39 is 10.0 Å². The van der Waals surface area contributed by atoms with Crippen molar-refractivity contribution in [1.29, 1.82) is 0 Å². The van der Waals surface area contributed by atoms with Crippen molar-refractivity contribution in [3.05, 3.63) is 29.8 Å². The first-order chi connectivity index (χ1) is 11.0. The van der Waals surface area contributed by atoms with Gasteiger partial charge in [-0.05, 0) is 37.8 Å². The van der Waals surface area contributed by atoms with Crippen LogP contribution in [0.4, 0.5) is 0 Å². The Morgan fingerprint density at radius 1 is 1.35 bits per heavy atom. The molecule has 0 spiro atoms. The molecule has 7 heteroatoms. The number of fused-ring (bicyclic) bond motifs is 1. The molecule has 2 aliphatic heterocycles. The highest BCUT2D eigenvalue weighted by Crippen LogP contribution is 2.23. The standard InChI is InChI=1S/C16H21N3O3S/c1-2-12-7-5-6-10-19(12)15(20)11-17-16-13-8-3-4-9-14(13)23(21,22)18-16/h3-4,8-9,12H,2,5-7,10-11H2,1H3,(H,17,18). The van der Waals surface area contributed by atoms with Crippen LogP contribution in [0.3, 0.4) is 0 Å². The van der Waals surface area contributed by atoms with E-state index in [0.29, 0.717) is 5.56 Å². The first-order valence-electron chi connectivity index (χ1n) is 7.99. The van der Waals surface area contributed by atoms with Crippen LogP contribution in [0.5, 0.6) is 0 Å². The van der Waals surface area contributed by atoms with Crippen LogP contribution in [-0.2, 0) is 14.8 Å².